The first kappa shape index (κ1) is 26.8. The summed E-state index contributed by atoms with van der Waals surface area (Å²) in [7, 11) is 0. The fourth-order valence-electron chi connectivity index (χ4n) is 0. The molecule has 11 nitrogen and oxygen atoms in total. The number of carbonyl (C=O) groups is 5. The highest BCUT2D eigenvalue weighted by Gasteiger charge is 2.04. The zero-order chi connectivity index (χ0) is 18.2. The third-order valence-electron chi connectivity index (χ3n) is 0.714. The molecule has 0 saturated heterocycles. The molecule has 0 radical (unpaired) electrons. The molecule has 0 aliphatic heterocycles. The van der Waals surface area contributed by atoms with E-state index in [4.69, 9.17) is 44.7 Å². The molecule has 0 atom stereocenters. The Hall–Kier alpha value is -2.69. The largest absolute Gasteiger partial charge is 0.473 e. The van der Waals surface area contributed by atoms with Crippen LogP contribution in [0.15, 0.2) is 0 Å². The fraction of sp³-hybridized carbons (Fsp3) is 0.500. The molecule has 0 bridgehead atoms. The Morgan fingerprint density at radius 2 is 0.905 bits per heavy atom. The van der Waals surface area contributed by atoms with Gasteiger partial charge >= 0.3 is 23.9 Å². The maximum atomic E-state index is 9.59. The molecule has 11 heteroatoms. The average Bonchev–Trinajstić information content (AvgIpc) is 2.29. The van der Waals surface area contributed by atoms with Gasteiger partial charge in [-0.3, -0.25) is 4.79 Å². The molecular weight excluding hydrogens is 294 g/mol. The van der Waals surface area contributed by atoms with Gasteiger partial charge in [-0.05, 0) is 13.8 Å². The predicted octanol–water partition coefficient (Wildman–Crippen LogP) is -1.42. The molecule has 124 valence electrons. The molecule has 0 aliphatic carbocycles. The average molecular weight is 313 g/mol. The van der Waals surface area contributed by atoms with Crippen molar-refractivity contribution in [1.29, 1.82) is 0 Å². The molecule has 1 amide bonds. The normalized spacial score (nSPS) is 7.67. The van der Waals surface area contributed by atoms with Crippen LogP contribution in [0.25, 0.3) is 0 Å². The van der Waals surface area contributed by atoms with Gasteiger partial charge in [-0.2, -0.15) is 0 Å². The van der Waals surface area contributed by atoms with Crippen LogP contribution in [-0.2, 0) is 24.0 Å². The van der Waals surface area contributed by atoms with E-state index < -0.39 is 23.9 Å². The SMILES string of the molecule is CC(C)O.CCC(N)=O.O=C(O)C(=O)O.O=C(O)C(=O)O. The summed E-state index contributed by atoms with van der Waals surface area (Å²) in [6.45, 7) is 5.17. The molecule has 0 fully saturated rings. The van der Waals surface area contributed by atoms with Crippen LogP contribution >= 0.6 is 0 Å². The zero-order valence-corrected chi connectivity index (χ0v) is 11.6. The molecule has 0 rings (SSSR count). The summed E-state index contributed by atoms with van der Waals surface area (Å²) in [5, 5.41) is 37.6. The van der Waals surface area contributed by atoms with E-state index in [0.29, 0.717) is 6.42 Å². The van der Waals surface area contributed by atoms with Crippen LogP contribution in [-0.4, -0.2) is 61.4 Å². The number of aliphatic hydroxyl groups excluding tert-OH is 1. The Morgan fingerprint density at radius 1 is 0.810 bits per heavy atom. The number of hydrogen-bond donors (Lipinski definition) is 6. The van der Waals surface area contributed by atoms with Crippen molar-refractivity contribution in [2.24, 2.45) is 5.73 Å². The summed E-state index contributed by atoms with van der Waals surface area (Å²) in [6.07, 6.45) is 0.278. The summed E-state index contributed by atoms with van der Waals surface area (Å²) in [4.78, 5) is 46.0. The highest BCUT2D eigenvalue weighted by Crippen LogP contribution is 1.65. The molecule has 0 unspecified atom stereocenters. The van der Waals surface area contributed by atoms with E-state index in [2.05, 4.69) is 5.73 Å². The van der Waals surface area contributed by atoms with E-state index in [-0.39, 0.29) is 12.0 Å². The number of nitrogens with two attached hydrogens (primary N) is 1. The molecule has 0 aromatic heterocycles. The lowest BCUT2D eigenvalue weighted by Gasteiger charge is -1.80. The summed E-state index contributed by atoms with van der Waals surface area (Å²) in [5.74, 6) is -7.54. The first-order valence-electron chi connectivity index (χ1n) is 5.18. The predicted molar refractivity (Wildman–Crippen MR) is 67.4 cm³/mol. The van der Waals surface area contributed by atoms with Crippen molar-refractivity contribution in [3.05, 3.63) is 0 Å². The molecule has 0 aromatic rings. The van der Waals surface area contributed by atoms with Gasteiger partial charge in [0.2, 0.25) is 5.91 Å². The van der Waals surface area contributed by atoms with Crippen molar-refractivity contribution in [1.82, 2.24) is 0 Å². The van der Waals surface area contributed by atoms with Crippen LogP contribution in [0.2, 0.25) is 0 Å². The Morgan fingerprint density at radius 3 is 0.905 bits per heavy atom. The number of carboxylic acids is 4. The summed E-state index contributed by atoms with van der Waals surface area (Å²) >= 11 is 0. The number of hydrogen-bond acceptors (Lipinski definition) is 6. The van der Waals surface area contributed by atoms with Crippen LogP contribution in [0.1, 0.15) is 27.2 Å². The van der Waals surface area contributed by atoms with Crippen LogP contribution in [0, 0.1) is 0 Å². The maximum Gasteiger partial charge on any atom is 0.414 e. The van der Waals surface area contributed by atoms with Crippen molar-refractivity contribution in [2.45, 2.75) is 33.3 Å². The number of carbonyl (C=O) groups excluding carboxylic acids is 1. The number of amides is 1. The minimum Gasteiger partial charge on any atom is -0.473 e. The molecule has 21 heavy (non-hydrogen) atoms. The van der Waals surface area contributed by atoms with Crippen LogP contribution < -0.4 is 5.73 Å². The first-order chi connectivity index (χ1) is 9.29. The summed E-state index contributed by atoms with van der Waals surface area (Å²) in [5.41, 5.74) is 4.65. The monoisotopic (exact) mass is 313 g/mol. The van der Waals surface area contributed by atoms with Gasteiger partial charge in [0.05, 0.1) is 0 Å². The van der Waals surface area contributed by atoms with Gasteiger partial charge in [0.25, 0.3) is 0 Å². The Bertz CT molecular complexity index is 299. The van der Waals surface area contributed by atoms with Crippen molar-refractivity contribution in [3.8, 4) is 0 Å². The Balaban J connectivity index is -0.0000000929. The molecule has 0 saturated carbocycles. The van der Waals surface area contributed by atoms with E-state index in [1.54, 1.807) is 20.8 Å². The van der Waals surface area contributed by atoms with Crippen LogP contribution in [0.5, 0.6) is 0 Å². The lowest BCUT2D eigenvalue weighted by Crippen LogP contribution is -2.09. The van der Waals surface area contributed by atoms with Crippen LogP contribution in [0.3, 0.4) is 0 Å². The number of primary amides is 1. The molecule has 0 aromatic carbocycles. The van der Waals surface area contributed by atoms with Gasteiger partial charge in [0.1, 0.15) is 0 Å². The zero-order valence-electron chi connectivity index (χ0n) is 11.6. The minimum absolute atomic E-state index is 0.167. The smallest absolute Gasteiger partial charge is 0.414 e. The maximum absolute atomic E-state index is 9.59. The Labute approximate surface area is 119 Å². The van der Waals surface area contributed by atoms with E-state index in [9.17, 15) is 4.79 Å². The van der Waals surface area contributed by atoms with Gasteiger partial charge in [-0.25, -0.2) is 19.2 Å². The molecule has 0 heterocycles. The Kier molecular flexibility index (Phi) is 22.1. The van der Waals surface area contributed by atoms with E-state index in [1.165, 1.54) is 0 Å². The lowest BCUT2D eigenvalue weighted by molar-refractivity contribution is -0.159. The quantitative estimate of drug-likeness (QED) is 0.310. The van der Waals surface area contributed by atoms with Crippen LogP contribution in [0.4, 0.5) is 0 Å². The number of aliphatic hydroxyl groups is 1. The molecule has 0 aliphatic rings. The van der Waals surface area contributed by atoms with Gasteiger partial charge in [0.15, 0.2) is 0 Å². The van der Waals surface area contributed by atoms with Crippen molar-refractivity contribution < 1.29 is 49.5 Å². The third-order valence-corrected chi connectivity index (χ3v) is 0.714. The lowest BCUT2D eigenvalue weighted by atomic mass is 10.5. The first-order valence-corrected chi connectivity index (χ1v) is 5.18. The van der Waals surface area contributed by atoms with Gasteiger partial charge in [-0.15, -0.1) is 0 Å². The highest BCUT2D eigenvalue weighted by molar-refractivity contribution is 6.27. The third kappa shape index (κ3) is 75.9. The second kappa shape index (κ2) is 17.3. The van der Waals surface area contributed by atoms with Crippen molar-refractivity contribution in [2.75, 3.05) is 0 Å². The van der Waals surface area contributed by atoms with E-state index in [0.717, 1.165) is 0 Å². The van der Waals surface area contributed by atoms with E-state index in [1.807, 2.05) is 0 Å². The van der Waals surface area contributed by atoms with Gasteiger partial charge in [0, 0.05) is 12.5 Å². The number of carboxylic acid groups (broad SMARTS) is 4. The number of aliphatic carboxylic acids is 4. The summed E-state index contributed by atoms with van der Waals surface area (Å²) < 4.78 is 0. The number of rotatable bonds is 1. The highest BCUT2D eigenvalue weighted by atomic mass is 16.4. The second-order valence-electron chi connectivity index (χ2n) is 3.13. The van der Waals surface area contributed by atoms with Gasteiger partial charge in [-0.1, -0.05) is 6.92 Å². The van der Waals surface area contributed by atoms with E-state index >= 15 is 0 Å². The topological polar surface area (TPSA) is 213 Å². The molecule has 7 N–H and O–H groups in total. The van der Waals surface area contributed by atoms with Crippen molar-refractivity contribution in [3.63, 3.8) is 0 Å². The minimum atomic E-state index is -1.82. The van der Waals surface area contributed by atoms with Crippen molar-refractivity contribution >= 4 is 29.8 Å². The summed E-state index contributed by atoms with van der Waals surface area (Å²) in [6, 6.07) is 0. The molecule has 0 spiro atoms. The fourth-order valence-corrected chi connectivity index (χ4v) is 0. The standard InChI is InChI=1S/C3H7NO.C3H8O.2C2H2O4/c1-2-3(4)5;1-3(2)4;2*3-1(4)2(5)6/h2H2,1H3,(H2,4,5);3-4H,1-2H3;2*(H,3,4)(H,5,6). The second-order valence-corrected chi connectivity index (χ2v) is 3.13. The molecular formula is C10H19NO10. The van der Waals surface area contributed by atoms with Gasteiger partial charge < -0.3 is 31.3 Å².